The average Bonchev–Trinajstić information content (AvgIpc) is 2.61. The van der Waals surface area contributed by atoms with Gasteiger partial charge in [-0.2, -0.15) is 5.10 Å². The Balaban J connectivity index is 1.92. The van der Waals surface area contributed by atoms with E-state index in [9.17, 15) is 14.9 Å². The molecule has 0 aliphatic heterocycles. The summed E-state index contributed by atoms with van der Waals surface area (Å²) in [5.41, 5.74) is 3.64. The molecule has 2 aromatic rings. The number of halogens is 2. The molecule has 0 bridgehead atoms. The minimum absolute atomic E-state index is 0.120. The first-order chi connectivity index (χ1) is 12.8. The van der Waals surface area contributed by atoms with Gasteiger partial charge in [0, 0.05) is 22.7 Å². The van der Waals surface area contributed by atoms with Crippen molar-refractivity contribution in [2.75, 3.05) is 6.61 Å². The predicted octanol–water partition coefficient (Wildman–Crippen LogP) is 4.66. The van der Waals surface area contributed by atoms with E-state index in [1.54, 1.807) is 6.07 Å². The van der Waals surface area contributed by atoms with Gasteiger partial charge < -0.3 is 4.74 Å². The lowest BCUT2D eigenvalue weighted by molar-refractivity contribution is -0.384. The van der Waals surface area contributed by atoms with Gasteiger partial charge in [-0.3, -0.25) is 14.9 Å². The highest BCUT2D eigenvalue weighted by Gasteiger charge is 2.09. The molecule has 2 aromatic carbocycles. The van der Waals surface area contributed by atoms with Gasteiger partial charge in [0.2, 0.25) is 0 Å². The quantitative estimate of drug-likeness (QED) is 0.374. The molecule has 0 fully saturated rings. The van der Waals surface area contributed by atoms with Crippen LogP contribution in [0.1, 0.15) is 30.9 Å². The molecule has 1 amide bonds. The van der Waals surface area contributed by atoms with Crippen molar-refractivity contribution in [2.45, 2.75) is 19.8 Å². The van der Waals surface area contributed by atoms with Crippen LogP contribution in [0.5, 0.6) is 5.75 Å². The summed E-state index contributed by atoms with van der Waals surface area (Å²) in [6, 6.07) is 9.62. The van der Waals surface area contributed by atoms with Crippen LogP contribution < -0.4 is 10.2 Å². The Morgan fingerprint density at radius 1 is 1.37 bits per heavy atom. The molecule has 2 rings (SSSR count). The maximum Gasteiger partial charge on any atom is 0.277 e. The van der Waals surface area contributed by atoms with E-state index in [2.05, 4.69) is 40.3 Å². The molecule has 0 saturated carbocycles. The second-order valence-corrected chi connectivity index (χ2v) is 7.15. The zero-order chi connectivity index (χ0) is 20.0. The summed E-state index contributed by atoms with van der Waals surface area (Å²) >= 11 is 9.37. The topological polar surface area (TPSA) is 93.8 Å². The molecule has 142 valence electrons. The predicted molar refractivity (Wildman–Crippen MR) is 108 cm³/mol. The van der Waals surface area contributed by atoms with Crippen LogP contribution in [0, 0.1) is 10.1 Å². The third kappa shape index (κ3) is 6.04. The summed E-state index contributed by atoms with van der Waals surface area (Å²) in [7, 11) is 0. The summed E-state index contributed by atoms with van der Waals surface area (Å²) in [5.74, 6) is 0.446. The van der Waals surface area contributed by atoms with Gasteiger partial charge in [-0.25, -0.2) is 5.43 Å². The number of hydrogen-bond acceptors (Lipinski definition) is 5. The minimum Gasteiger partial charge on any atom is -0.483 e. The van der Waals surface area contributed by atoms with Crippen molar-refractivity contribution in [1.82, 2.24) is 5.43 Å². The Bertz CT molecular complexity index is 887. The van der Waals surface area contributed by atoms with Gasteiger partial charge in [0.1, 0.15) is 5.75 Å². The van der Waals surface area contributed by atoms with E-state index < -0.39 is 10.8 Å². The molecule has 0 atom stereocenters. The largest absolute Gasteiger partial charge is 0.483 e. The van der Waals surface area contributed by atoms with E-state index in [0.29, 0.717) is 17.2 Å². The number of rotatable bonds is 7. The van der Waals surface area contributed by atoms with Gasteiger partial charge in [0.15, 0.2) is 6.61 Å². The first-order valence-corrected chi connectivity index (χ1v) is 9.13. The number of nitro benzene ring substituents is 1. The maximum atomic E-state index is 11.8. The van der Waals surface area contributed by atoms with Gasteiger partial charge in [-0.05, 0) is 45.6 Å². The summed E-state index contributed by atoms with van der Waals surface area (Å²) in [6.07, 6.45) is 1.24. The Morgan fingerprint density at radius 2 is 2.11 bits per heavy atom. The number of benzene rings is 2. The van der Waals surface area contributed by atoms with Gasteiger partial charge in [0.05, 0.1) is 15.6 Å². The molecular weight excluding hydrogens is 438 g/mol. The molecule has 0 radical (unpaired) electrons. The summed E-state index contributed by atoms with van der Waals surface area (Å²) in [6.45, 7) is 3.93. The van der Waals surface area contributed by atoms with E-state index in [4.69, 9.17) is 16.3 Å². The summed E-state index contributed by atoms with van der Waals surface area (Å²) < 4.78 is 6.22. The molecule has 0 saturated heterocycles. The lowest BCUT2D eigenvalue weighted by atomic mass is 10.0. The van der Waals surface area contributed by atoms with E-state index in [1.165, 1.54) is 24.4 Å². The Labute approximate surface area is 169 Å². The molecular formula is C18H17BrClN3O4. The number of nitrogens with zero attached hydrogens (tertiary/aromatic N) is 2. The number of amides is 1. The number of nitro groups is 1. The second-order valence-electron chi connectivity index (χ2n) is 5.89. The second kappa shape index (κ2) is 9.48. The SMILES string of the molecule is CC(C)c1ccc(OCC(=O)NN=Cc2cc([N+](=O)[O-])ccc2Cl)c(Br)c1. The van der Waals surface area contributed by atoms with Gasteiger partial charge in [-0.15, -0.1) is 0 Å². The molecule has 0 spiro atoms. The highest BCUT2D eigenvalue weighted by molar-refractivity contribution is 9.10. The molecule has 0 aliphatic rings. The van der Waals surface area contributed by atoms with Crippen molar-refractivity contribution >= 4 is 45.3 Å². The van der Waals surface area contributed by atoms with Crippen LogP contribution >= 0.6 is 27.5 Å². The monoisotopic (exact) mass is 453 g/mol. The van der Waals surface area contributed by atoms with Crippen LogP contribution in [-0.2, 0) is 4.79 Å². The number of carbonyl (C=O) groups is 1. The lowest BCUT2D eigenvalue weighted by Gasteiger charge is -2.10. The standard InChI is InChI=1S/C18H17BrClN3O4/c1-11(2)12-3-6-17(15(19)8-12)27-10-18(24)22-21-9-13-7-14(23(25)26)4-5-16(13)20/h3-9,11H,10H2,1-2H3,(H,22,24). The molecule has 0 aromatic heterocycles. The molecule has 0 unspecified atom stereocenters. The first-order valence-electron chi connectivity index (χ1n) is 7.96. The first kappa shape index (κ1) is 20.9. The molecule has 7 nitrogen and oxygen atoms in total. The molecule has 27 heavy (non-hydrogen) atoms. The Morgan fingerprint density at radius 3 is 2.74 bits per heavy atom. The third-order valence-corrected chi connectivity index (χ3v) is 4.53. The highest BCUT2D eigenvalue weighted by Crippen LogP contribution is 2.28. The van der Waals surface area contributed by atoms with Crippen LogP contribution in [0.4, 0.5) is 5.69 Å². The minimum atomic E-state index is -0.539. The van der Waals surface area contributed by atoms with Crippen molar-refractivity contribution in [3.63, 3.8) is 0 Å². The fourth-order valence-electron chi connectivity index (χ4n) is 2.09. The fourth-order valence-corrected chi connectivity index (χ4v) is 2.76. The lowest BCUT2D eigenvalue weighted by Crippen LogP contribution is -2.24. The molecule has 1 N–H and O–H groups in total. The van der Waals surface area contributed by atoms with E-state index in [-0.39, 0.29) is 17.3 Å². The Kier molecular flexibility index (Phi) is 7.32. The summed E-state index contributed by atoms with van der Waals surface area (Å²) in [4.78, 5) is 22.1. The third-order valence-electron chi connectivity index (χ3n) is 3.56. The van der Waals surface area contributed by atoms with Crippen molar-refractivity contribution in [3.8, 4) is 5.75 Å². The molecule has 0 heterocycles. The van der Waals surface area contributed by atoms with E-state index in [1.807, 2.05) is 12.1 Å². The maximum absolute atomic E-state index is 11.8. The number of hydrazone groups is 1. The van der Waals surface area contributed by atoms with Crippen LogP contribution in [-0.4, -0.2) is 23.7 Å². The fraction of sp³-hybridized carbons (Fsp3) is 0.222. The number of nitrogens with one attached hydrogen (secondary N) is 1. The number of ether oxygens (including phenoxy) is 1. The van der Waals surface area contributed by atoms with Gasteiger partial charge in [0.25, 0.3) is 11.6 Å². The van der Waals surface area contributed by atoms with Crippen LogP contribution in [0.3, 0.4) is 0 Å². The zero-order valence-electron chi connectivity index (χ0n) is 14.6. The number of carbonyl (C=O) groups excluding carboxylic acids is 1. The van der Waals surface area contributed by atoms with Crippen molar-refractivity contribution in [3.05, 3.63) is 67.1 Å². The average molecular weight is 455 g/mol. The van der Waals surface area contributed by atoms with E-state index >= 15 is 0 Å². The van der Waals surface area contributed by atoms with E-state index in [0.717, 1.165) is 10.0 Å². The van der Waals surface area contributed by atoms with Crippen LogP contribution in [0.2, 0.25) is 5.02 Å². The molecule has 0 aliphatic carbocycles. The smallest absolute Gasteiger partial charge is 0.277 e. The summed E-state index contributed by atoms with van der Waals surface area (Å²) in [5, 5.41) is 14.8. The van der Waals surface area contributed by atoms with Crippen LogP contribution in [0.25, 0.3) is 0 Å². The van der Waals surface area contributed by atoms with Crippen molar-refractivity contribution in [2.24, 2.45) is 5.10 Å². The number of hydrogen-bond donors (Lipinski definition) is 1. The van der Waals surface area contributed by atoms with Crippen LogP contribution in [0.15, 0.2) is 46.0 Å². The molecule has 9 heteroatoms. The Hall–Kier alpha value is -2.45. The number of non-ortho nitro benzene ring substituents is 1. The zero-order valence-corrected chi connectivity index (χ0v) is 17.0. The van der Waals surface area contributed by atoms with Gasteiger partial charge in [-0.1, -0.05) is 31.5 Å². The normalized spacial score (nSPS) is 11.0. The highest BCUT2D eigenvalue weighted by atomic mass is 79.9. The van der Waals surface area contributed by atoms with Crippen molar-refractivity contribution in [1.29, 1.82) is 0 Å². The van der Waals surface area contributed by atoms with Gasteiger partial charge >= 0.3 is 0 Å². The van der Waals surface area contributed by atoms with Crippen molar-refractivity contribution < 1.29 is 14.5 Å².